The Labute approximate surface area is 165 Å². The molecule has 0 radical (unpaired) electrons. The fourth-order valence-corrected chi connectivity index (χ4v) is 3.37. The maximum absolute atomic E-state index is 11.8. The quantitative estimate of drug-likeness (QED) is 0.557. The van der Waals surface area contributed by atoms with E-state index in [0.29, 0.717) is 13.1 Å². The van der Waals surface area contributed by atoms with E-state index >= 15 is 0 Å². The van der Waals surface area contributed by atoms with Crippen molar-refractivity contribution in [1.82, 2.24) is 14.5 Å². The molecule has 6 heteroatoms. The predicted molar refractivity (Wildman–Crippen MR) is 110 cm³/mol. The number of carbonyl (C=O) groups is 1. The summed E-state index contributed by atoms with van der Waals surface area (Å²) in [5, 5.41) is 0. The highest BCUT2D eigenvalue weighted by molar-refractivity contribution is 5.78. The van der Waals surface area contributed by atoms with Crippen molar-refractivity contribution in [2.45, 2.75) is 20.4 Å². The number of benzene rings is 2. The number of esters is 1. The van der Waals surface area contributed by atoms with E-state index < -0.39 is 0 Å². The van der Waals surface area contributed by atoms with E-state index in [1.54, 1.807) is 7.11 Å². The molecule has 3 aromatic rings. The topological polar surface area (TPSA) is 56.6 Å². The van der Waals surface area contributed by atoms with Crippen molar-refractivity contribution in [1.29, 1.82) is 0 Å². The van der Waals surface area contributed by atoms with Crippen LogP contribution in [0.15, 0.2) is 48.5 Å². The summed E-state index contributed by atoms with van der Waals surface area (Å²) < 4.78 is 12.3. The maximum Gasteiger partial charge on any atom is 0.309 e. The maximum atomic E-state index is 11.8. The van der Waals surface area contributed by atoms with Crippen LogP contribution < -0.4 is 4.74 Å². The molecule has 0 aliphatic carbocycles. The minimum Gasteiger partial charge on any atom is -0.497 e. The number of methoxy groups -OCH3 is 2. The van der Waals surface area contributed by atoms with Crippen LogP contribution in [0.1, 0.15) is 19.7 Å². The number of rotatable bonds is 8. The van der Waals surface area contributed by atoms with Crippen molar-refractivity contribution in [2.24, 2.45) is 5.92 Å². The molecule has 3 rings (SSSR count). The van der Waals surface area contributed by atoms with Gasteiger partial charge in [0.2, 0.25) is 0 Å². The summed E-state index contributed by atoms with van der Waals surface area (Å²) in [6.07, 6.45) is 0. The minimum absolute atomic E-state index is 0.191. The lowest BCUT2D eigenvalue weighted by molar-refractivity contribution is -0.145. The van der Waals surface area contributed by atoms with Crippen LogP contribution in [0.3, 0.4) is 0 Å². The summed E-state index contributed by atoms with van der Waals surface area (Å²) >= 11 is 0. The Hall–Kier alpha value is -2.86. The van der Waals surface area contributed by atoms with E-state index in [2.05, 4.69) is 22.5 Å². The summed E-state index contributed by atoms with van der Waals surface area (Å²) in [6, 6.07) is 16.1. The van der Waals surface area contributed by atoms with Gasteiger partial charge >= 0.3 is 5.97 Å². The molecule has 0 aliphatic rings. The average molecular weight is 381 g/mol. The number of ether oxygens (including phenoxy) is 2. The summed E-state index contributed by atoms with van der Waals surface area (Å²) in [5.41, 5.74) is 3.03. The van der Waals surface area contributed by atoms with Gasteiger partial charge in [0.25, 0.3) is 0 Å². The molecule has 6 nitrogen and oxygen atoms in total. The molecular weight excluding hydrogens is 354 g/mol. The van der Waals surface area contributed by atoms with Crippen molar-refractivity contribution in [3.63, 3.8) is 0 Å². The van der Waals surface area contributed by atoms with Gasteiger partial charge in [0, 0.05) is 12.2 Å². The lowest BCUT2D eigenvalue weighted by atomic mass is 10.1. The predicted octanol–water partition coefficient (Wildman–Crippen LogP) is 3.67. The van der Waals surface area contributed by atoms with Crippen LogP contribution in [0.4, 0.5) is 0 Å². The first-order chi connectivity index (χ1) is 13.6. The number of fused-ring (bicyclic) bond motifs is 1. The lowest BCUT2D eigenvalue weighted by Crippen LogP contribution is -2.32. The van der Waals surface area contributed by atoms with Gasteiger partial charge in [-0.2, -0.15) is 0 Å². The monoisotopic (exact) mass is 381 g/mol. The molecule has 1 heterocycles. The molecule has 0 saturated carbocycles. The molecular formula is C22H27N3O3. The van der Waals surface area contributed by atoms with Gasteiger partial charge in [-0.05, 0) is 42.9 Å². The Morgan fingerprint density at radius 2 is 1.86 bits per heavy atom. The molecule has 0 aliphatic heterocycles. The standard InChI is InChI=1S/C22H27N3O3/c1-5-24(14-16(2)22(26)28-4)15-21-23-19-8-6-7-9-20(19)25(21)17-10-12-18(27-3)13-11-17/h6-13,16H,5,14-15H2,1-4H3. The first-order valence-electron chi connectivity index (χ1n) is 9.48. The molecule has 2 aromatic carbocycles. The molecule has 0 spiro atoms. The Kier molecular flexibility index (Phi) is 6.31. The fourth-order valence-electron chi connectivity index (χ4n) is 3.37. The van der Waals surface area contributed by atoms with Gasteiger partial charge in [-0.1, -0.05) is 26.0 Å². The molecule has 0 saturated heterocycles. The molecule has 1 aromatic heterocycles. The van der Waals surface area contributed by atoms with E-state index in [1.165, 1.54) is 7.11 Å². The Morgan fingerprint density at radius 3 is 2.50 bits per heavy atom. The van der Waals surface area contributed by atoms with Crippen molar-refractivity contribution < 1.29 is 14.3 Å². The largest absolute Gasteiger partial charge is 0.497 e. The van der Waals surface area contributed by atoms with Gasteiger partial charge in [-0.3, -0.25) is 14.3 Å². The van der Waals surface area contributed by atoms with Gasteiger partial charge in [0.1, 0.15) is 11.6 Å². The smallest absolute Gasteiger partial charge is 0.309 e. The number of hydrogen-bond acceptors (Lipinski definition) is 5. The number of para-hydroxylation sites is 2. The molecule has 1 atom stereocenters. The minimum atomic E-state index is -0.192. The summed E-state index contributed by atoms with van der Waals surface area (Å²) in [7, 11) is 3.09. The molecule has 1 unspecified atom stereocenters. The second kappa shape index (κ2) is 8.89. The third kappa shape index (κ3) is 4.17. The summed E-state index contributed by atoms with van der Waals surface area (Å²) in [5.74, 6) is 1.37. The second-order valence-corrected chi connectivity index (χ2v) is 6.80. The highest BCUT2D eigenvalue weighted by atomic mass is 16.5. The van der Waals surface area contributed by atoms with Gasteiger partial charge in [0.15, 0.2) is 0 Å². The third-order valence-electron chi connectivity index (χ3n) is 4.91. The molecule has 0 fully saturated rings. The van der Waals surface area contributed by atoms with Crippen LogP contribution in [-0.4, -0.2) is 47.7 Å². The van der Waals surface area contributed by atoms with E-state index in [1.807, 2.05) is 49.4 Å². The van der Waals surface area contributed by atoms with E-state index in [0.717, 1.165) is 34.8 Å². The number of hydrogen-bond donors (Lipinski definition) is 0. The van der Waals surface area contributed by atoms with Crippen molar-refractivity contribution in [3.8, 4) is 11.4 Å². The van der Waals surface area contributed by atoms with E-state index in [-0.39, 0.29) is 11.9 Å². The molecule has 0 N–H and O–H groups in total. The first kappa shape index (κ1) is 19.9. The molecule has 0 bridgehead atoms. The average Bonchev–Trinajstić information content (AvgIpc) is 3.10. The van der Waals surface area contributed by atoms with Crippen molar-refractivity contribution >= 4 is 17.0 Å². The van der Waals surface area contributed by atoms with Crippen LogP contribution in [0.25, 0.3) is 16.7 Å². The molecule has 0 amide bonds. The summed E-state index contributed by atoms with van der Waals surface area (Å²) in [6.45, 7) is 6.05. The fraction of sp³-hybridized carbons (Fsp3) is 0.364. The SMILES string of the molecule is CCN(Cc1nc2ccccc2n1-c1ccc(OC)cc1)CC(C)C(=O)OC. The van der Waals surface area contributed by atoms with Gasteiger partial charge in [0.05, 0.1) is 37.7 Å². The van der Waals surface area contributed by atoms with Crippen LogP contribution >= 0.6 is 0 Å². The number of nitrogens with zero attached hydrogens (tertiary/aromatic N) is 3. The zero-order valence-electron chi connectivity index (χ0n) is 16.9. The number of carbonyl (C=O) groups excluding carboxylic acids is 1. The zero-order valence-corrected chi connectivity index (χ0v) is 16.9. The van der Waals surface area contributed by atoms with Crippen LogP contribution in [-0.2, 0) is 16.1 Å². The molecule has 28 heavy (non-hydrogen) atoms. The van der Waals surface area contributed by atoms with Crippen molar-refractivity contribution in [2.75, 3.05) is 27.3 Å². The van der Waals surface area contributed by atoms with E-state index in [4.69, 9.17) is 14.5 Å². The zero-order chi connectivity index (χ0) is 20.1. The Bertz CT molecular complexity index is 934. The van der Waals surface area contributed by atoms with Gasteiger partial charge in [-0.25, -0.2) is 4.98 Å². The van der Waals surface area contributed by atoms with Crippen LogP contribution in [0, 0.1) is 5.92 Å². The van der Waals surface area contributed by atoms with Crippen LogP contribution in [0.2, 0.25) is 0 Å². The lowest BCUT2D eigenvalue weighted by Gasteiger charge is -2.23. The van der Waals surface area contributed by atoms with Gasteiger partial charge in [-0.15, -0.1) is 0 Å². The highest BCUT2D eigenvalue weighted by Crippen LogP contribution is 2.24. The summed E-state index contributed by atoms with van der Waals surface area (Å²) in [4.78, 5) is 18.9. The first-order valence-corrected chi connectivity index (χ1v) is 9.48. The Balaban J connectivity index is 1.96. The van der Waals surface area contributed by atoms with Crippen molar-refractivity contribution in [3.05, 3.63) is 54.4 Å². The van der Waals surface area contributed by atoms with E-state index in [9.17, 15) is 4.79 Å². The second-order valence-electron chi connectivity index (χ2n) is 6.80. The van der Waals surface area contributed by atoms with Crippen LogP contribution in [0.5, 0.6) is 5.75 Å². The normalized spacial score (nSPS) is 12.3. The number of imidazole rings is 1. The van der Waals surface area contributed by atoms with Gasteiger partial charge < -0.3 is 9.47 Å². The third-order valence-corrected chi connectivity index (χ3v) is 4.91. The number of aromatic nitrogens is 2. The Morgan fingerprint density at radius 1 is 1.14 bits per heavy atom. The highest BCUT2D eigenvalue weighted by Gasteiger charge is 2.20. The molecule has 148 valence electrons.